The molecule has 0 aromatic heterocycles. The molecule has 7 nitrogen and oxygen atoms in total. The quantitative estimate of drug-likeness (QED) is 0.670. The van der Waals surface area contributed by atoms with Crippen molar-refractivity contribution in [1.29, 1.82) is 0 Å². The molecule has 0 saturated heterocycles. The maximum Gasteiger partial charge on any atom is 0.309 e. The fourth-order valence-electron chi connectivity index (χ4n) is 2.47. The van der Waals surface area contributed by atoms with Gasteiger partial charge in [0.2, 0.25) is 0 Å². The van der Waals surface area contributed by atoms with Crippen LogP contribution in [0.5, 0.6) is 11.5 Å². The third kappa shape index (κ3) is 1.56. The number of carbonyl (C=O) groups is 3. The van der Waals surface area contributed by atoms with Gasteiger partial charge in [0, 0.05) is 12.0 Å². The molecule has 1 aromatic rings. The summed E-state index contributed by atoms with van der Waals surface area (Å²) in [7, 11) is 0. The van der Waals surface area contributed by atoms with E-state index < -0.39 is 29.8 Å². The number of benzene rings is 1. The Balaban J connectivity index is 2.05. The lowest BCUT2D eigenvalue weighted by atomic mass is 9.96. The number of imide groups is 1. The SMILES string of the molecule is C[C@H](C(=O)O)[C@H]1Cc2c(cc3c(c2O)C(=O)NC3=O)O1. The van der Waals surface area contributed by atoms with E-state index in [4.69, 9.17) is 9.84 Å². The second kappa shape index (κ2) is 3.96. The van der Waals surface area contributed by atoms with E-state index in [9.17, 15) is 19.5 Å². The number of carbonyl (C=O) groups excluding carboxylic acids is 2. The smallest absolute Gasteiger partial charge is 0.309 e. The number of nitrogens with one attached hydrogen (secondary N) is 1. The first-order chi connectivity index (χ1) is 9.40. The predicted molar refractivity (Wildman–Crippen MR) is 64.8 cm³/mol. The summed E-state index contributed by atoms with van der Waals surface area (Å²) in [5.74, 6) is -3.07. The Morgan fingerprint density at radius 3 is 2.80 bits per heavy atom. The lowest BCUT2D eigenvalue weighted by molar-refractivity contribution is -0.143. The maximum atomic E-state index is 11.6. The third-order valence-electron chi connectivity index (χ3n) is 3.69. The van der Waals surface area contributed by atoms with Crippen molar-refractivity contribution in [3.05, 3.63) is 22.8 Å². The molecule has 0 aliphatic carbocycles. The number of carboxylic acids is 1. The molecule has 0 spiro atoms. The number of hydrogen-bond acceptors (Lipinski definition) is 5. The minimum atomic E-state index is -1.01. The van der Waals surface area contributed by atoms with Crippen LogP contribution >= 0.6 is 0 Å². The molecule has 2 heterocycles. The number of ether oxygens (including phenoxy) is 1. The van der Waals surface area contributed by atoms with Crippen molar-refractivity contribution in [3.8, 4) is 11.5 Å². The molecule has 2 amide bonds. The van der Waals surface area contributed by atoms with Crippen LogP contribution in [0.15, 0.2) is 6.07 Å². The molecule has 2 aliphatic heterocycles. The van der Waals surface area contributed by atoms with E-state index in [1.807, 2.05) is 0 Å². The highest BCUT2D eigenvalue weighted by molar-refractivity contribution is 6.23. The molecule has 1 aromatic carbocycles. The molecular formula is C13H11NO6. The fourth-order valence-corrected chi connectivity index (χ4v) is 2.47. The second-order valence-corrected chi connectivity index (χ2v) is 4.90. The van der Waals surface area contributed by atoms with Crippen LogP contribution in [0, 0.1) is 5.92 Å². The van der Waals surface area contributed by atoms with Crippen LogP contribution in [0.1, 0.15) is 33.2 Å². The van der Waals surface area contributed by atoms with Gasteiger partial charge in [0.05, 0.1) is 17.0 Å². The zero-order valence-corrected chi connectivity index (χ0v) is 10.5. The highest BCUT2D eigenvalue weighted by atomic mass is 16.5. The van der Waals surface area contributed by atoms with Crippen molar-refractivity contribution >= 4 is 17.8 Å². The second-order valence-electron chi connectivity index (χ2n) is 4.90. The van der Waals surface area contributed by atoms with Crippen molar-refractivity contribution in [2.24, 2.45) is 5.92 Å². The minimum Gasteiger partial charge on any atom is -0.507 e. The lowest BCUT2D eigenvalue weighted by Gasteiger charge is -2.14. The minimum absolute atomic E-state index is 0.0508. The molecule has 0 radical (unpaired) electrons. The zero-order chi connectivity index (χ0) is 14.6. The molecule has 3 rings (SSSR count). The summed E-state index contributed by atoms with van der Waals surface area (Å²) < 4.78 is 5.49. The molecule has 3 N–H and O–H groups in total. The Morgan fingerprint density at radius 1 is 1.45 bits per heavy atom. The predicted octanol–water partition coefficient (Wildman–Crippen LogP) is 0.300. The third-order valence-corrected chi connectivity index (χ3v) is 3.69. The van der Waals surface area contributed by atoms with Gasteiger partial charge in [-0.25, -0.2) is 0 Å². The maximum absolute atomic E-state index is 11.6. The number of phenols is 1. The summed E-state index contributed by atoms with van der Waals surface area (Å²) in [6, 6.07) is 1.37. The molecule has 104 valence electrons. The number of phenolic OH excluding ortho intramolecular Hbond substituents is 1. The normalized spacial score (nSPS) is 20.9. The first kappa shape index (κ1) is 12.5. The lowest BCUT2D eigenvalue weighted by Crippen LogP contribution is -2.29. The monoisotopic (exact) mass is 277 g/mol. The van der Waals surface area contributed by atoms with E-state index in [0.29, 0.717) is 5.56 Å². The number of fused-ring (bicyclic) bond motifs is 2. The first-order valence-electron chi connectivity index (χ1n) is 6.04. The van der Waals surface area contributed by atoms with Crippen LogP contribution in [-0.2, 0) is 11.2 Å². The Kier molecular flexibility index (Phi) is 2.47. The molecule has 0 bridgehead atoms. The Bertz CT molecular complexity index is 665. The standard InChI is InChI=1S/C13H11NO6/c1-4(13(18)19)7-2-5-8(20-7)3-6-9(10(5)15)12(17)14-11(6)16/h3-4,7,15H,2H2,1H3,(H,18,19)(H,14,16,17)/t4-,7+/m0/s1. The van der Waals surface area contributed by atoms with Crippen LogP contribution in [0.3, 0.4) is 0 Å². The van der Waals surface area contributed by atoms with Crippen molar-refractivity contribution < 1.29 is 29.3 Å². The first-order valence-corrected chi connectivity index (χ1v) is 6.04. The van der Waals surface area contributed by atoms with Crippen LogP contribution in [-0.4, -0.2) is 34.1 Å². The Morgan fingerprint density at radius 2 is 2.15 bits per heavy atom. The number of carboxylic acid groups (broad SMARTS) is 1. The average Bonchev–Trinajstić information content (AvgIpc) is 2.91. The van der Waals surface area contributed by atoms with Gasteiger partial charge in [-0.1, -0.05) is 0 Å². The highest BCUT2D eigenvalue weighted by Crippen LogP contribution is 2.42. The van der Waals surface area contributed by atoms with Crippen LogP contribution in [0.2, 0.25) is 0 Å². The zero-order valence-electron chi connectivity index (χ0n) is 10.5. The van der Waals surface area contributed by atoms with Crippen LogP contribution in [0.4, 0.5) is 0 Å². The van der Waals surface area contributed by atoms with E-state index in [0.717, 1.165) is 0 Å². The molecule has 2 atom stereocenters. The summed E-state index contributed by atoms with van der Waals surface area (Å²) in [5, 5.41) is 21.2. The van der Waals surface area contributed by atoms with Gasteiger partial charge in [0.25, 0.3) is 11.8 Å². The highest BCUT2D eigenvalue weighted by Gasteiger charge is 2.39. The van der Waals surface area contributed by atoms with Gasteiger partial charge in [-0.15, -0.1) is 0 Å². The van der Waals surface area contributed by atoms with E-state index in [-0.39, 0.29) is 29.0 Å². The van der Waals surface area contributed by atoms with Gasteiger partial charge in [-0.05, 0) is 13.0 Å². The number of amides is 2. The van der Waals surface area contributed by atoms with Gasteiger partial charge in [-0.3, -0.25) is 19.7 Å². The Hall–Kier alpha value is -2.57. The largest absolute Gasteiger partial charge is 0.507 e. The van der Waals surface area contributed by atoms with Crippen molar-refractivity contribution in [2.45, 2.75) is 19.4 Å². The molecule has 2 aliphatic rings. The molecule has 0 saturated carbocycles. The van der Waals surface area contributed by atoms with Gasteiger partial charge in [0.15, 0.2) is 0 Å². The van der Waals surface area contributed by atoms with Gasteiger partial charge >= 0.3 is 5.97 Å². The number of rotatable bonds is 2. The average molecular weight is 277 g/mol. The van der Waals surface area contributed by atoms with Gasteiger partial charge < -0.3 is 14.9 Å². The fraction of sp³-hybridized carbons (Fsp3) is 0.308. The summed E-state index contributed by atoms with van der Waals surface area (Å²) >= 11 is 0. The molecular weight excluding hydrogens is 266 g/mol. The summed E-state index contributed by atoms with van der Waals surface area (Å²) in [4.78, 5) is 34.1. The molecule has 0 unspecified atom stereocenters. The molecule has 20 heavy (non-hydrogen) atoms. The van der Waals surface area contributed by atoms with Crippen molar-refractivity contribution in [1.82, 2.24) is 5.32 Å². The van der Waals surface area contributed by atoms with E-state index >= 15 is 0 Å². The number of aliphatic carboxylic acids is 1. The topological polar surface area (TPSA) is 113 Å². The molecule has 7 heteroatoms. The Labute approximate surface area is 113 Å². The van der Waals surface area contributed by atoms with E-state index in [2.05, 4.69) is 5.32 Å². The van der Waals surface area contributed by atoms with E-state index in [1.54, 1.807) is 0 Å². The molecule has 0 fully saturated rings. The summed E-state index contributed by atoms with van der Waals surface area (Å²) in [6.45, 7) is 1.50. The van der Waals surface area contributed by atoms with Crippen LogP contribution < -0.4 is 10.1 Å². The van der Waals surface area contributed by atoms with Crippen molar-refractivity contribution in [2.75, 3.05) is 0 Å². The summed E-state index contributed by atoms with van der Waals surface area (Å²) in [6.07, 6.45) is -0.447. The van der Waals surface area contributed by atoms with Gasteiger partial charge in [0.1, 0.15) is 17.6 Å². The summed E-state index contributed by atoms with van der Waals surface area (Å²) in [5.41, 5.74) is 0.350. The number of aromatic hydroxyl groups is 1. The van der Waals surface area contributed by atoms with Crippen LogP contribution in [0.25, 0.3) is 0 Å². The van der Waals surface area contributed by atoms with Gasteiger partial charge in [-0.2, -0.15) is 0 Å². The van der Waals surface area contributed by atoms with E-state index in [1.165, 1.54) is 13.0 Å². The van der Waals surface area contributed by atoms with Crippen molar-refractivity contribution in [3.63, 3.8) is 0 Å². The number of hydrogen-bond donors (Lipinski definition) is 3.